The Morgan fingerprint density at radius 1 is 1.53 bits per heavy atom. The van der Waals surface area contributed by atoms with Gasteiger partial charge in [-0.3, -0.25) is 4.98 Å². The fourth-order valence-electron chi connectivity index (χ4n) is 2.87. The van der Waals surface area contributed by atoms with Crippen molar-refractivity contribution in [1.82, 2.24) is 15.6 Å². The van der Waals surface area contributed by atoms with Gasteiger partial charge in [0.25, 0.3) is 0 Å². The smallest absolute Gasteiger partial charge is 0.0794 e. The second-order valence-corrected chi connectivity index (χ2v) is 5.61. The monoisotopic (exact) mass is 223 g/mol. The van der Waals surface area contributed by atoms with E-state index in [1.807, 2.05) is 11.7 Å². The molecule has 2 saturated heterocycles. The number of hydrogen-bond donors (Lipinski definition) is 2. The van der Waals surface area contributed by atoms with Crippen LogP contribution in [0, 0.1) is 5.92 Å². The summed E-state index contributed by atoms with van der Waals surface area (Å²) in [6.07, 6.45) is 6.12. The second kappa shape index (κ2) is 4.20. The third kappa shape index (κ3) is 2.07. The normalized spacial score (nSPS) is 33.7. The molecule has 3 nitrogen and oxygen atoms in total. The number of aromatic nitrogens is 1. The molecule has 2 bridgehead atoms. The van der Waals surface area contributed by atoms with Gasteiger partial charge in [0.05, 0.1) is 5.51 Å². The van der Waals surface area contributed by atoms with Crippen molar-refractivity contribution in [3.8, 4) is 0 Å². The second-order valence-electron chi connectivity index (χ2n) is 4.64. The number of nitrogens with zero attached hydrogens (tertiary/aromatic N) is 1. The highest BCUT2D eigenvalue weighted by Gasteiger charge is 2.38. The maximum absolute atomic E-state index is 4.08. The Labute approximate surface area is 94.3 Å². The zero-order chi connectivity index (χ0) is 10.1. The van der Waals surface area contributed by atoms with Gasteiger partial charge < -0.3 is 10.6 Å². The van der Waals surface area contributed by atoms with E-state index in [2.05, 4.69) is 15.6 Å². The van der Waals surface area contributed by atoms with Crippen molar-refractivity contribution in [3.05, 3.63) is 16.6 Å². The lowest BCUT2D eigenvalue weighted by molar-refractivity contribution is 0.383. The molecule has 15 heavy (non-hydrogen) atoms. The molecule has 0 amide bonds. The van der Waals surface area contributed by atoms with E-state index in [9.17, 15) is 0 Å². The average molecular weight is 223 g/mol. The predicted molar refractivity (Wildman–Crippen MR) is 61.9 cm³/mol. The van der Waals surface area contributed by atoms with E-state index in [-0.39, 0.29) is 0 Å². The molecule has 2 N–H and O–H groups in total. The quantitative estimate of drug-likeness (QED) is 0.809. The standard InChI is InChI=1S/C11H17N3S/c1-2-11-8(3-9(1)14-11)4-12-5-10-6-13-7-15-10/h6-9,11-12,14H,1-5H2. The fourth-order valence-corrected chi connectivity index (χ4v) is 3.44. The van der Waals surface area contributed by atoms with E-state index < -0.39 is 0 Å². The van der Waals surface area contributed by atoms with Crippen molar-refractivity contribution in [2.75, 3.05) is 6.54 Å². The van der Waals surface area contributed by atoms with Gasteiger partial charge >= 0.3 is 0 Å². The number of hydrogen-bond acceptors (Lipinski definition) is 4. The summed E-state index contributed by atoms with van der Waals surface area (Å²) in [5.74, 6) is 0.858. The topological polar surface area (TPSA) is 37.0 Å². The van der Waals surface area contributed by atoms with Crippen molar-refractivity contribution in [2.45, 2.75) is 37.9 Å². The van der Waals surface area contributed by atoms with Gasteiger partial charge in [0, 0.05) is 29.7 Å². The minimum Gasteiger partial charge on any atom is -0.311 e. The van der Waals surface area contributed by atoms with Crippen LogP contribution in [0.25, 0.3) is 0 Å². The Morgan fingerprint density at radius 3 is 3.20 bits per heavy atom. The van der Waals surface area contributed by atoms with Gasteiger partial charge in [-0.15, -0.1) is 11.3 Å². The van der Waals surface area contributed by atoms with E-state index in [1.165, 1.54) is 24.1 Å². The van der Waals surface area contributed by atoms with E-state index in [0.29, 0.717) is 0 Å². The first-order valence-electron chi connectivity index (χ1n) is 5.76. The Kier molecular flexibility index (Phi) is 2.73. The van der Waals surface area contributed by atoms with Crippen molar-refractivity contribution in [1.29, 1.82) is 0 Å². The molecule has 2 fully saturated rings. The Morgan fingerprint density at radius 2 is 2.53 bits per heavy atom. The molecule has 0 radical (unpaired) electrons. The number of rotatable bonds is 4. The third-order valence-corrected chi connectivity index (χ3v) is 4.40. The maximum Gasteiger partial charge on any atom is 0.0794 e. The summed E-state index contributed by atoms with van der Waals surface area (Å²) in [5.41, 5.74) is 1.90. The third-order valence-electron chi connectivity index (χ3n) is 3.62. The van der Waals surface area contributed by atoms with Gasteiger partial charge in [0.2, 0.25) is 0 Å². The molecule has 0 aromatic carbocycles. The maximum atomic E-state index is 4.08. The van der Waals surface area contributed by atoms with Gasteiger partial charge in [0.15, 0.2) is 0 Å². The van der Waals surface area contributed by atoms with E-state index in [0.717, 1.165) is 31.1 Å². The fraction of sp³-hybridized carbons (Fsp3) is 0.727. The van der Waals surface area contributed by atoms with E-state index >= 15 is 0 Å². The summed E-state index contributed by atoms with van der Waals surface area (Å²) < 4.78 is 0. The molecule has 0 spiro atoms. The zero-order valence-electron chi connectivity index (χ0n) is 8.78. The summed E-state index contributed by atoms with van der Waals surface area (Å²) in [4.78, 5) is 5.42. The summed E-state index contributed by atoms with van der Waals surface area (Å²) >= 11 is 1.73. The minimum atomic E-state index is 0.795. The van der Waals surface area contributed by atoms with Crippen molar-refractivity contribution in [2.24, 2.45) is 5.92 Å². The molecule has 1 aromatic rings. The highest BCUT2D eigenvalue weighted by molar-refractivity contribution is 7.09. The van der Waals surface area contributed by atoms with Crippen LogP contribution >= 0.6 is 11.3 Å². The molecule has 0 saturated carbocycles. The van der Waals surface area contributed by atoms with Crippen LogP contribution in [0.2, 0.25) is 0 Å². The molecule has 82 valence electrons. The lowest BCUT2D eigenvalue weighted by Gasteiger charge is -2.20. The minimum absolute atomic E-state index is 0.795. The first kappa shape index (κ1) is 9.75. The van der Waals surface area contributed by atoms with Gasteiger partial charge in [-0.2, -0.15) is 0 Å². The molecule has 3 rings (SSSR count). The SMILES string of the molecule is c1ncc(CNCC2CC3CCC2N3)s1. The van der Waals surface area contributed by atoms with Crippen LogP contribution in [-0.4, -0.2) is 23.6 Å². The van der Waals surface area contributed by atoms with Crippen molar-refractivity contribution < 1.29 is 0 Å². The molecule has 2 aliphatic heterocycles. The van der Waals surface area contributed by atoms with Gasteiger partial charge in [0.1, 0.15) is 0 Å². The Balaban J connectivity index is 1.43. The summed E-state index contributed by atoms with van der Waals surface area (Å²) in [7, 11) is 0. The number of fused-ring (bicyclic) bond motifs is 2. The van der Waals surface area contributed by atoms with Crippen LogP contribution in [0.15, 0.2) is 11.7 Å². The Hall–Kier alpha value is -0.450. The molecular weight excluding hydrogens is 206 g/mol. The largest absolute Gasteiger partial charge is 0.311 e. The lowest BCUT2D eigenvalue weighted by Crippen LogP contribution is -2.31. The highest BCUT2D eigenvalue weighted by atomic mass is 32.1. The summed E-state index contributed by atoms with van der Waals surface area (Å²) in [5, 5.41) is 7.22. The van der Waals surface area contributed by atoms with Crippen LogP contribution in [-0.2, 0) is 6.54 Å². The molecule has 2 aliphatic rings. The van der Waals surface area contributed by atoms with Crippen LogP contribution in [0.4, 0.5) is 0 Å². The van der Waals surface area contributed by atoms with Gasteiger partial charge in [-0.25, -0.2) is 0 Å². The Bertz CT molecular complexity index is 312. The molecule has 3 unspecified atom stereocenters. The molecule has 3 heterocycles. The van der Waals surface area contributed by atoms with E-state index in [1.54, 1.807) is 11.3 Å². The molecular formula is C11H17N3S. The van der Waals surface area contributed by atoms with Gasteiger partial charge in [-0.05, 0) is 31.7 Å². The summed E-state index contributed by atoms with van der Waals surface area (Å²) in [6, 6.07) is 1.62. The molecule has 0 aliphatic carbocycles. The van der Waals surface area contributed by atoms with Gasteiger partial charge in [-0.1, -0.05) is 0 Å². The van der Waals surface area contributed by atoms with Crippen LogP contribution in [0.1, 0.15) is 24.1 Å². The molecule has 4 heteroatoms. The van der Waals surface area contributed by atoms with Crippen LogP contribution < -0.4 is 10.6 Å². The average Bonchev–Trinajstić information content (AvgIpc) is 2.93. The first-order chi connectivity index (χ1) is 7.42. The van der Waals surface area contributed by atoms with Crippen LogP contribution in [0.3, 0.4) is 0 Å². The number of nitrogens with one attached hydrogen (secondary N) is 2. The molecule has 3 atom stereocenters. The summed E-state index contributed by atoms with van der Waals surface area (Å²) in [6.45, 7) is 2.14. The molecule has 1 aromatic heterocycles. The number of thiazole rings is 1. The predicted octanol–water partition coefficient (Wildman–Crippen LogP) is 1.37. The van der Waals surface area contributed by atoms with Crippen LogP contribution in [0.5, 0.6) is 0 Å². The zero-order valence-corrected chi connectivity index (χ0v) is 9.59. The first-order valence-corrected chi connectivity index (χ1v) is 6.64. The lowest BCUT2D eigenvalue weighted by atomic mass is 9.89. The van der Waals surface area contributed by atoms with Crippen molar-refractivity contribution >= 4 is 11.3 Å². The van der Waals surface area contributed by atoms with Crippen molar-refractivity contribution in [3.63, 3.8) is 0 Å². The van der Waals surface area contributed by atoms with E-state index in [4.69, 9.17) is 0 Å². The highest BCUT2D eigenvalue weighted by Crippen LogP contribution is 2.32.